The number of guanidine groups is 1. The minimum Gasteiger partial charge on any atom is -0.381 e. The quantitative estimate of drug-likeness (QED) is 0.203. The maximum Gasteiger partial charge on any atom is 0.191 e. The molecule has 1 rings (SSSR count). The Morgan fingerprint density at radius 1 is 1.16 bits per heavy atom. The molecule has 1 aromatic rings. The standard InChI is InChI=1S/C18H35N5O.HI/c1-4-6-15-24-16-9-11-22-18(19-5-2)21-10-7-8-13-23-14-12-20-17(23)3;/h12,14H,4-11,13,15-16H2,1-3H3,(H2,19,21,22);1H. The van der Waals surface area contributed by atoms with Crippen molar-refractivity contribution in [3.05, 3.63) is 18.2 Å². The van der Waals surface area contributed by atoms with Gasteiger partial charge in [-0.2, -0.15) is 0 Å². The van der Waals surface area contributed by atoms with E-state index in [4.69, 9.17) is 4.74 Å². The maximum absolute atomic E-state index is 5.56. The van der Waals surface area contributed by atoms with Crippen molar-refractivity contribution >= 4 is 29.9 Å². The third-order valence-corrected chi connectivity index (χ3v) is 3.75. The predicted octanol–water partition coefficient (Wildman–Crippen LogP) is 3.35. The number of hydrogen-bond acceptors (Lipinski definition) is 3. The number of unbranched alkanes of at least 4 members (excludes halogenated alkanes) is 2. The second-order valence-electron chi connectivity index (χ2n) is 5.88. The van der Waals surface area contributed by atoms with Crippen molar-refractivity contribution in [1.82, 2.24) is 20.2 Å². The molecule has 146 valence electrons. The van der Waals surface area contributed by atoms with E-state index in [1.165, 1.54) is 6.42 Å². The second-order valence-corrected chi connectivity index (χ2v) is 5.88. The normalized spacial score (nSPS) is 11.2. The van der Waals surface area contributed by atoms with Crippen molar-refractivity contribution in [3.63, 3.8) is 0 Å². The number of halogens is 1. The molecule has 0 atom stereocenters. The summed E-state index contributed by atoms with van der Waals surface area (Å²) in [6.07, 6.45) is 9.45. The van der Waals surface area contributed by atoms with Crippen LogP contribution in [0.25, 0.3) is 0 Å². The van der Waals surface area contributed by atoms with Crippen molar-refractivity contribution in [3.8, 4) is 0 Å². The van der Waals surface area contributed by atoms with Crippen LogP contribution < -0.4 is 10.6 Å². The van der Waals surface area contributed by atoms with Gasteiger partial charge in [0.1, 0.15) is 5.82 Å². The lowest BCUT2D eigenvalue weighted by molar-refractivity contribution is 0.130. The van der Waals surface area contributed by atoms with E-state index in [1.54, 1.807) is 0 Å². The Kier molecular flexibility index (Phi) is 16.1. The van der Waals surface area contributed by atoms with Gasteiger partial charge in [-0.1, -0.05) is 13.3 Å². The molecule has 0 saturated heterocycles. The first-order valence-corrected chi connectivity index (χ1v) is 9.35. The Hall–Kier alpha value is -0.830. The topological polar surface area (TPSA) is 63.5 Å². The SMILES string of the molecule is CCCCOCCCN=C(NCC)NCCCCn1ccnc1C.I. The molecular formula is C18H36IN5O. The van der Waals surface area contributed by atoms with E-state index in [0.29, 0.717) is 0 Å². The molecule has 0 bridgehead atoms. The average Bonchev–Trinajstić information content (AvgIpc) is 2.98. The summed E-state index contributed by atoms with van der Waals surface area (Å²) < 4.78 is 7.75. The van der Waals surface area contributed by atoms with E-state index in [9.17, 15) is 0 Å². The van der Waals surface area contributed by atoms with Crippen molar-refractivity contribution in [2.75, 3.05) is 32.8 Å². The smallest absolute Gasteiger partial charge is 0.191 e. The predicted molar refractivity (Wildman–Crippen MR) is 116 cm³/mol. The highest BCUT2D eigenvalue weighted by Crippen LogP contribution is 1.99. The van der Waals surface area contributed by atoms with Crippen LogP contribution >= 0.6 is 24.0 Å². The van der Waals surface area contributed by atoms with Crippen LogP contribution in [0, 0.1) is 6.92 Å². The van der Waals surface area contributed by atoms with Crippen molar-refractivity contribution < 1.29 is 4.74 Å². The van der Waals surface area contributed by atoms with E-state index >= 15 is 0 Å². The zero-order valence-electron chi connectivity index (χ0n) is 16.1. The Morgan fingerprint density at radius 2 is 1.96 bits per heavy atom. The summed E-state index contributed by atoms with van der Waals surface area (Å²) in [5, 5.41) is 6.69. The monoisotopic (exact) mass is 465 g/mol. The molecule has 0 amide bonds. The van der Waals surface area contributed by atoms with Gasteiger partial charge < -0.3 is 19.9 Å². The molecule has 0 aliphatic carbocycles. The van der Waals surface area contributed by atoms with Crippen LogP contribution in [0.1, 0.15) is 51.8 Å². The summed E-state index contributed by atoms with van der Waals surface area (Å²) in [7, 11) is 0. The van der Waals surface area contributed by atoms with Crippen LogP contribution in [-0.4, -0.2) is 48.4 Å². The first kappa shape index (κ1) is 24.2. The van der Waals surface area contributed by atoms with Gasteiger partial charge in [0, 0.05) is 51.8 Å². The van der Waals surface area contributed by atoms with Gasteiger partial charge in [-0.3, -0.25) is 4.99 Å². The molecule has 0 fully saturated rings. The number of aromatic nitrogens is 2. The molecule has 2 N–H and O–H groups in total. The lowest BCUT2D eigenvalue weighted by atomic mass is 10.3. The molecule has 0 saturated carbocycles. The number of aliphatic imine (C=N–C) groups is 1. The number of rotatable bonds is 13. The molecule has 1 aromatic heterocycles. The van der Waals surface area contributed by atoms with Crippen LogP contribution in [0.2, 0.25) is 0 Å². The molecule has 0 spiro atoms. The summed E-state index contributed by atoms with van der Waals surface area (Å²) in [6, 6.07) is 0. The van der Waals surface area contributed by atoms with E-state index < -0.39 is 0 Å². The average molecular weight is 465 g/mol. The molecule has 0 aromatic carbocycles. The van der Waals surface area contributed by atoms with Gasteiger partial charge in [-0.05, 0) is 39.5 Å². The van der Waals surface area contributed by atoms with Crippen LogP contribution in [0.5, 0.6) is 0 Å². The highest BCUT2D eigenvalue weighted by atomic mass is 127. The lowest BCUT2D eigenvalue weighted by Crippen LogP contribution is -2.38. The number of ether oxygens (including phenoxy) is 1. The summed E-state index contributed by atoms with van der Waals surface area (Å²) in [4.78, 5) is 8.83. The van der Waals surface area contributed by atoms with Crippen LogP contribution in [0.4, 0.5) is 0 Å². The molecular weight excluding hydrogens is 429 g/mol. The molecule has 0 aliphatic heterocycles. The number of hydrogen-bond donors (Lipinski definition) is 2. The summed E-state index contributed by atoms with van der Waals surface area (Å²) in [6.45, 7) is 11.6. The number of nitrogens with zero attached hydrogens (tertiary/aromatic N) is 3. The zero-order chi connectivity index (χ0) is 17.5. The molecule has 7 heteroatoms. The fourth-order valence-corrected chi connectivity index (χ4v) is 2.30. The first-order valence-electron chi connectivity index (χ1n) is 9.35. The van der Waals surface area contributed by atoms with Gasteiger partial charge in [0.2, 0.25) is 0 Å². The van der Waals surface area contributed by atoms with E-state index in [0.717, 1.165) is 76.9 Å². The molecule has 25 heavy (non-hydrogen) atoms. The van der Waals surface area contributed by atoms with Crippen molar-refractivity contribution in [1.29, 1.82) is 0 Å². The van der Waals surface area contributed by atoms with E-state index in [-0.39, 0.29) is 24.0 Å². The summed E-state index contributed by atoms with van der Waals surface area (Å²) in [5.74, 6) is 1.99. The summed E-state index contributed by atoms with van der Waals surface area (Å²) in [5.41, 5.74) is 0. The Bertz CT molecular complexity index is 450. The third-order valence-electron chi connectivity index (χ3n) is 3.75. The number of aryl methyl sites for hydroxylation is 2. The molecule has 0 unspecified atom stereocenters. The molecule has 0 aliphatic rings. The molecule has 6 nitrogen and oxygen atoms in total. The minimum absolute atomic E-state index is 0. The van der Waals surface area contributed by atoms with Gasteiger partial charge in [-0.25, -0.2) is 4.98 Å². The van der Waals surface area contributed by atoms with Gasteiger partial charge >= 0.3 is 0 Å². The molecule has 0 radical (unpaired) electrons. The van der Waals surface area contributed by atoms with Crippen LogP contribution in [-0.2, 0) is 11.3 Å². The van der Waals surface area contributed by atoms with Crippen LogP contribution in [0.3, 0.4) is 0 Å². The van der Waals surface area contributed by atoms with Gasteiger partial charge in [0.25, 0.3) is 0 Å². The van der Waals surface area contributed by atoms with E-state index in [1.807, 2.05) is 19.3 Å². The third kappa shape index (κ3) is 12.2. The largest absolute Gasteiger partial charge is 0.381 e. The zero-order valence-corrected chi connectivity index (χ0v) is 18.4. The summed E-state index contributed by atoms with van der Waals surface area (Å²) >= 11 is 0. The Balaban J connectivity index is 0.00000576. The fourth-order valence-electron chi connectivity index (χ4n) is 2.30. The number of imidazole rings is 1. The molecule has 1 heterocycles. The lowest BCUT2D eigenvalue weighted by Gasteiger charge is -2.11. The van der Waals surface area contributed by atoms with Crippen LogP contribution in [0.15, 0.2) is 17.4 Å². The van der Waals surface area contributed by atoms with E-state index in [2.05, 4.69) is 39.0 Å². The maximum atomic E-state index is 5.56. The van der Waals surface area contributed by atoms with Crippen molar-refractivity contribution in [2.45, 2.75) is 59.4 Å². The fraction of sp³-hybridized carbons (Fsp3) is 0.778. The first-order chi connectivity index (χ1) is 11.8. The number of nitrogens with one attached hydrogen (secondary N) is 2. The Labute approximate surface area is 170 Å². The van der Waals surface area contributed by atoms with Gasteiger partial charge in [-0.15, -0.1) is 24.0 Å². The van der Waals surface area contributed by atoms with Crippen molar-refractivity contribution in [2.24, 2.45) is 4.99 Å². The van der Waals surface area contributed by atoms with Gasteiger partial charge in [0.15, 0.2) is 5.96 Å². The highest BCUT2D eigenvalue weighted by molar-refractivity contribution is 14.0. The Morgan fingerprint density at radius 3 is 2.64 bits per heavy atom. The highest BCUT2D eigenvalue weighted by Gasteiger charge is 1.99. The minimum atomic E-state index is 0. The van der Waals surface area contributed by atoms with Gasteiger partial charge in [0.05, 0.1) is 0 Å². The second kappa shape index (κ2) is 16.6.